The second-order valence-corrected chi connectivity index (χ2v) is 7.42. The van der Waals surface area contributed by atoms with Gasteiger partial charge in [0, 0.05) is 18.5 Å². The zero-order valence-corrected chi connectivity index (χ0v) is 16.0. The lowest BCUT2D eigenvalue weighted by Gasteiger charge is -2.27. The molecule has 3 aromatic rings. The first-order valence-electron chi connectivity index (χ1n) is 9.54. The van der Waals surface area contributed by atoms with Crippen LogP contribution in [0.4, 0.5) is 0 Å². The van der Waals surface area contributed by atoms with Crippen molar-refractivity contribution in [1.29, 1.82) is 0 Å². The summed E-state index contributed by atoms with van der Waals surface area (Å²) >= 11 is 0. The van der Waals surface area contributed by atoms with Gasteiger partial charge in [-0.15, -0.1) is 5.10 Å². The summed E-state index contributed by atoms with van der Waals surface area (Å²) in [5, 5.41) is 18.5. The number of hydrogen-bond acceptors (Lipinski definition) is 4. The molecule has 1 aliphatic rings. The van der Waals surface area contributed by atoms with Gasteiger partial charge in [-0.3, -0.25) is 4.79 Å². The molecule has 1 amide bonds. The first-order chi connectivity index (χ1) is 13.6. The van der Waals surface area contributed by atoms with E-state index < -0.39 is 0 Å². The highest BCUT2D eigenvalue weighted by Gasteiger charge is 2.41. The summed E-state index contributed by atoms with van der Waals surface area (Å²) < 4.78 is 1.76. The third kappa shape index (κ3) is 3.31. The monoisotopic (exact) mass is 376 g/mol. The van der Waals surface area contributed by atoms with Crippen LogP contribution in [-0.4, -0.2) is 50.6 Å². The molecule has 1 saturated heterocycles. The summed E-state index contributed by atoms with van der Waals surface area (Å²) in [6, 6.07) is 19.7. The van der Waals surface area contributed by atoms with Crippen molar-refractivity contribution >= 4 is 5.91 Å². The first kappa shape index (κ1) is 18.4. The molecule has 0 saturated carbocycles. The minimum atomic E-state index is -0.381. The Hall–Kier alpha value is -2.99. The third-order valence-corrected chi connectivity index (χ3v) is 5.70. The van der Waals surface area contributed by atoms with Gasteiger partial charge < -0.3 is 10.0 Å². The fraction of sp³-hybridized carbons (Fsp3) is 0.318. The van der Waals surface area contributed by atoms with Crippen LogP contribution in [0.3, 0.4) is 0 Å². The van der Waals surface area contributed by atoms with E-state index in [1.807, 2.05) is 72.5 Å². The van der Waals surface area contributed by atoms with Crippen LogP contribution in [0.1, 0.15) is 23.4 Å². The van der Waals surface area contributed by atoms with Crippen LogP contribution in [0.15, 0.2) is 60.7 Å². The number of carbonyl (C=O) groups is 1. The number of hydrogen-bond donors (Lipinski definition) is 1. The van der Waals surface area contributed by atoms with Crippen LogP contribution in [0.5, 0.6) is 0 Å². The van der Waals surface area contributed by atoms with Crippen molar-refractivity contribution in [1.82, 2.24) is 19.9 Å². The SMILES string of the molecule is Cc1c(CC(=O)N2CCC(CO)(c3ccccc3)C2)nnn1-c1ccccc1. The number of benzene rings is 2. The molecule has 1 atom stereocenters. The van der Waals surface area contributed by atoms with E-state index in [9.17, 15) is 9.90 Å². The summed E-state index contributed by atoms with van der Waals surface area (Å²) in [6.45, 7) is 3.13. The Bertz CT molecular complexity index is 955. The fourth-order valence-electron chi connectivity index (χ4n) is 3.93. The Kier molecular flexibility index (Phi) is 4.96. The molecule has 144 valence electrons. The van der Waals surface area contributed by atoms with Gasteiger partial charge in [-0.05, 0) is 31.0 Å². The normalized spacial score (nSPS) is 19.1. The lowest BCUT2D eigenvalue weighted by Crippen LogP contribution is -2.37. The smallest absolute Gasteiger partial charge is 0.228 e. The molecule has 1 unspecified atom stereocenters. The van der Waals surface area contributed by atoms with Crippen molar-refractivity contribution in [2.24, 2.45) is 0 Å². The maximum absolute atomic E-state index is 12.9. The zero-order chi connectivity index (χ0) is 19.6. The maximum atomic E-state index is 12.9. The van der Waals surface area contributed by atoms with E-state index in [0.717, 1.165) is 23.4 Å². The van der Waals surface area contributed by atoms with Gasteiger partial charge in [0.2, 0.25) is 5.91 Å². The van der Waals surface area contributed by atoms with Crippen molar-refractivity contribution in [3.05, 3.63) is 77.6 Å². The molecule has 0 bridgehead atoms. The van der Waals surface area contributed by atoms with Crippen molar-refractivity contribution in [2.45, 2.75) is 25.2 Å². The number of nitrogens with zero attached hydrogens (tertiary/aromatic N) is 4. The summed E-state index contributed by atoms with van der Waals surface area (Å²) in [5.41, 5.74) is 3.19. The van der Waals surface area contributed by atoms with E-state index in [1.54, 1.807) is 4.68 Å². The molecule has 2 aromatic carbocycles. The quantitative estimate of drug-likeness (QED) is 0.742. The third-order valence-electron chi connectivity index (χ3n) is 5.70. The van der Waals surface area contributed by atoms with E-state index >= 15 is 0 Å². The van der Waals surface area contributed by atoms with Gasteiger partial charge in [0.05, 0.1) is 30.1 Å². The average Bonchev–Trinajstić information content (AvgIpc) is 3.35. The fourth-order valence-corrected chi connectivity index (χ4v) is 3.93. The first-order valence-corrected chi connectivity index (χ1v) is 9.54. The van der Waals surface area contributed by atoms with Gasteiger partial charge in [0.15, 0.2) is 0 Å². The standard InChI is InChI=1S/C22H24N4O2/c1-17-20(23-24-26(17)19-10-6-3-7-11-19)14-21(28)25-13-12-22(15-25,16-27)18-8-4-2-5-9-18/h2-11,27H,12-16H2,1H3. The van der Waals surface area contributed by atoms with Crippen LogP contribution < -0.4 is 0 Å². The minimum Gasteiger partial charge on any atom is -0.395 e. The molecule has 0 radical (unpaired) electrons. The molecule has 6 nitrogen and oxygen atoms in total. The van der Waals surface area contributed by atoms with Crippen LogP contribution in [0.2, 0.25) is 0 Å². The van der Waals surface area contributed by atoms with Crippen molar-refractivity contribution in [3.8, 4) is 5.69 Å². The maximum Gasteiger partial charge on any atom is 0.228 e. The number of para-hydroxylation sites is 1. The summed E-state index contributed by atoms with van der Waals surface area (Å²) in [6.07, 6.45) is 0.976. The van der Waals surface area contributed by atoms with Crippen molar-refractivity contribution < 1.29 is 9.90 Å². The van der Waals surface area contributed by atoms with Crippen molar-refractivity contribution in [3.63, 3.8) is 0 Å². The minimum absolute atomic E-state index is 0.0227. The van der Waals surface area contributed by atoms with Crippen LogP contribution in [-0.2, 0) is 16.6 Å². The average molecular weight is 376 g/mol. The lowest BCUT2D eigenvalue weighted by molar-refractivity contribution is -0.129. The zero-order valence-electron chi connectivity index (χ0n) is 16.0. The molecule has 1 fully saturated rings. The molecule has 0 aliphatic carbocycles. The van der Waals surface area contributed by atoms with E-state index in [4.69, 9.17) is 0 Å². The molecule has 0 spiro atoms. The van der Waals surface area contributed by atoms with Gasteiger partial charge >= 0.3 is 0 Å². The largest absolute Gasteiger partial charge is 0.395 e. The van der Waals surface area contributed by atoms with E-state index in [1.165, 1.54) is 0 Å². The highest BCUT2D eigenvalue weighted by molar-refractivity contribution is 5.79. The van der Waals surface area contributed by atoms with Gasteiger partial charge in [-0.2, -0.15) is 0 Å². The van der Waals surface area contributed by atoms with Crippen LogP contribution >= 0.6 is 0 Å². The topological polar surface area (TPSA) is 71.2 Å². The van der Waals surface area contributed by atoms with E-state index in [0.29, 0.717) is 18.8 Å². The van der Waals surface area contributed by atoms with Gasteiger partial charge in [0.25, 0.3) is 0 Å². The predicted molar refractivity (Wildman–Crippen MR) is 106 cm³/mol. The Morgan fingerprint density at radius 2 is 1.79 bits per heavy atom. The Labute approximate surface area is 164 Å². The second-order valence-electron chi connectivity index (χ2n) is 7.42. The number of aliphatic hydroxyl groups excluding tert-OH is 1. The number of aliphatic hydroxyl groups is 1. The number of amides is 1. The summed E-state index contributed by atoms with van der Waals surface area (Å²) in [5.74, 6) is 0.0227. The summed E-state index contributed by atoms with van der Waals surface area (Å²) in [4.78, 5) is 14.8. The highest BCUT2D eigenvalue weighted by atomic mass is 16.3. The molecular weight excluding hydrogens is 352 g/mol. The van der Waals surface area contributed by atoms with E-state index in [2.05, 4.69) is 10.3 Å². The molecule has 2 heterocycles. The van der Waals surface area contributed by atoms with Crippen LogP contribution in [0, 0.1) is 6.92 Å². The number of carbonyl (C=O) groups excluding carboxylic acids is 1. The number of rotatable bonds is 5. The Morgan fingerprint density at radius 3 is 2.46 bits per heavy atom. The van der Waals surface area contributed by atoms with Crippen LogP contribution in [0.25, 0.3) is 5.69 Å². The molecule has 1 aromatic heterocycles. The lowest BCUT2D eigenvalue weighted by atomic mass is 9.80. The van der Waals surface area contributed by atoms with Gasteiger partial charge in [-0.25, -0.2) is 4.68 Å². The molecule has 6 heteroatoms. The Morgan fingerprint density at radius 1 is 1.11 bits per heavy atom. The van der Waals surface area contributed by atoms with E-state index in [-0.39, 0.29) is 24.3 Å². The van der Waals surface area contributed by atoms with Gasteiger partial charge in [0.1, 0.15) is 0 Å². The highest BCUT2D eigenvalue weighted by Crippen LogP contribution is 2.34. The molecule has 1 aliphatic heterocycles. The Balaban J connectivity index is 1.49. The summed E-state index contributed by atoms with van der Waals surface area (Å²) in [7, 11) is 0. The predicted octanol–water partition coefficient (Wildman–Crippen LogP) is 2.28. The second kappa shape index (κ2) is 7.56. The number of aromatic nitrogens is 3. The number of likely N-dealkylation sites (tertiary alicyclic amines) is 1. The van der Waals surface area contributed by atoms with Crippen molar-refractivity contribution in [2.75, 3.05) is 19.7 Å². The molecule has 28 heavy (non-hydrogen) atoms. The molecular formula is C22H24N4O2. The van der Waals surface area contributed by atoms with Gasteiger partial charge in [-0.1, -0.05) is 53.7 Å². The molecule has 1 N–H and O–H groups in total. The molecule has 4 rings (SSSR count).